The van der Waals surface area contributed by atoms with Gasteiger partial charge in [-0.1, -0.05) is 12.1 Å². The Morgan fingerprint density at radius 2 is 2.12 bits per heavy atom. The maximum atomic E-state index is 12.0. The summed E-state index contributed by atoms with van der Waals surface area (Å²) in [6.45, 7) is -0.0255. The van der Waals surface area contributed by atoms with Gasteiger partial charge in [-0.3, -0.25) is 9.59 Å². The fourth-order valence-electron chi connectivity index (χ4n) is 1.60. The van der Waals surface area contributed by atoms with Gasteiger partial charge in [-0.2, -0.15) is 0 Å². The molecule has 0 aliphatic rings. The molecule has 3 N–H and O–H groups in total. The van der Waals surface area contributed by atoms with Gasteiger partial charge in [0, 0.05) is 23.6 Å². The Morgan fingerprint density at radius 3 is 2.88 bits per heavy atom. The molecule has 5 heteroatoms. The number of fused-ring (bicyclic) bond motifs is 1. The van der Waals surface area contributed by atoms with E-state index in [2.05, 4.69) is 10.3 Å². The van der Waals surface area contributed by atoms with Crippen molar-refractivity contribution in [2.45, 2.75) is 0 Å². The molecule has 0 aliphatic carbocycles. The molecule has 1 aromatic carbocycles. The molecule has 1 heterocycles. The third-order valence-corrected chi connectivity index (χ3v) is 2.43. The van der Waals surface area contributed by atoms with Crippen LogP contribution in [0.1, 0.15) is 10.4 Å². The van der Waals surface area contributed by atoms with Crippen molar-refractivity contribution >= 4 is 16.8 Å². The van der Waals surface area contributed by atoms with E-state index < -0.39 is 5.91 Å². The van der Waals surface area contributed by atoms with Crippen LogP contribution >= 0.6 is 0 Å². The molecular formula is C12H12N2O3. The van der Waals surface area contributed by atoms with Gasteiger partial charge in [0.1, 0.15) is 5.56 Å². The summed E-state index contributed by atoms with van der Waals surface area (Å²) in [6.07, 6.45) is 1.39. The number of para-hydroxylation sites is 1. The fraction of sp³-hybridized carbons (Fsp3) is 0.167. The number of carbonyl (C=O) groups is 1. The average Bonchev–Trinajstić information content (AvgIpc) is 2.37. The number of H-pyrrole nitrogens is 1. The molecule has 2 rings (SSSR count). The number of nitrogens with one attached hydrogen (secondary N) is 2. The van der Waals surface area contributed by atoms with Crippen molar-refractivity contribution in [2.75, 3.05) is 13.2 Å². The molecule has 2 aromatic rings. The highest BCUT2D eigenvalue weighted by atomic mass is 16.3. The van der Waals surface area contributed by atoms with E-state index in [1.807, 2.05) is 6.07 Å². The number of pyridine rings is 1. The van der Waals surface area contributed by atoms with Crippen LogP contribution in [-0.4, -0.2) is 29.1 Å². The van der Waals surface area contributed by atoms with Gasteiger partial charge in [0.15, 0.2) is 0 Å². The smallest absolute Gasteiger partial charge is 0.256 e. The van der Waals surface area contributed by atoms with Gasteiger partial charge >= 0.3 is 0 Å². The zero-order valence-electron chi connectivity index (χ0n) is 9.06. The number of carbonyl (C=O) groups excluding carboxylic acids is 1. The lowest BCUT2D eigenvalue weighted by Crippen LogP contribution is -2.30. The van der Waals surface area contributed by atoms with E-state index in [0.717, 1.165) is 0 Å². The number of benzene rings is 1. The first kappa shape index (κ1) is 11.3. The van der Waals surface area contributed by atoms with Gasteiger partial charge in [-0.05, 0) is 12.1 Å². The zero-order valence-corrected chi connectivity index (χ0v) is 9.06. The lowest BCUT2D eigenvalue weighted by atomic mass is 10.1. The molecule has 0 spiro atoms. The Kier molecular flexibility index (Phi) is 3.20. The van der Waals surface area contributed by atoms with E-state index in [1.54, 1.807) is 18.2 Å². The summed E-state index contributed by atoms with van der Waals surface area (Å²) >= 11 is 0. The van der Waals surface area contributed by atoms with Crippen molar-refractivity contribution < 1.29 is 9.90 Å². The second-order valence-electron chi connectivity index (χ2n) is 3.56. The molecule has 0 fully saturated rings. The van der Waals surface area contributed by atoms with Crippen LogP contribution in [0.25, 0.3) is 10.9 Å². The van der Waals surface area contributed by atoms with Gasteiger partial charge in [0.05, 0.1) is 6.61 Å². The van der Waals surface area contributed by atoms with E-state index in [1.165, 1.54) is 6.20 Å². The third-order valence-electron chi connectivity index (χ3n) is 2.43. The summed E-state index contributed by atoms with van der Waals surface area (Å²) in [5, 5.41) is 11.5. The van der Waals surface area contributed by atoms with E-state index in [-0.39, 0.29) is 24.1 Å². The lowest BCUT2D eigenvalue weighted by molar-refractivity contribution is 0.0943. The van der Waals surface area contributed by atoms with Crippen LogP contribution in [0.5, 0.6) is 0 Å². The van der Waals surface area contributed by atoms with Crippen molar-refractivity contribution in [1.29, 1.82) is 0 Å². The molecule has 0 radical (unpaired) electrons. The van der Waals surface area contributed by atoms with E-state index in [9.17, 15) is 9.59 Å². The van der Waals surface area contributed by atoms with Crippen LogP contribution in [0.2, 0.25) is 0 Å². The second kappa shape index (κ2) is 4.80. The van der Waals surface area contributed by atoms with E-state index >= 15 is 0 Å². The van der Waals surface area contributed by atoms with Crippen molar-refractivity contribution in [3.63, 3.8) is 0 Å². The minimum Gasteiger partial charge on any atom is -0.395 e. The summed E-state index contributed by atoms with van der Waals surface area (Å²) in [6, 6.07) is 6.99. The first-order chi connectivity index (χ1) is 8.24. The topological polar surface area (TPSA) is 82.2 Å². The molecule has 0 atom stereocenters. The number of hydrogen-bond acceptors (Lipinski definition) is 3. The zero-order chi connectivity index (χ0) is 12.3. The normalized spacial score (nSPS) is 10.4. The van der Waals surface area contributed by atoms with Gasteiger partial charge in [0.2, 0.25) is 5.43 Å². The molecule has 0 bridgehead atoms. The van der Waals surface area contributed by atoms with Gasteiger partial charge in [-0.25, -0.2) is 0 Å². The standard InChI is InChI=1S/C12H12N2O3/c15-6-5-13-12(17)9-7-14-10-4-2-1-3-8(10)11(9)16/h1-4,7,15H,5-6H2,(H,13,17)(H,14,16). The number of aromatic nitrogens is 1. The highest BCUT2D eigenvalue weighted by Gasteiger charge is 2.11. The van der Waals surface area contributed by atoms with Gasteiger partial charge in [-0.15, -0.1) is 0 Å². The van der Waals surface area contributed by atoms with E-state index in [0.29, 0.717) is 10.9 Å². The molecule has 1 amide bonds. The Bertz CT molecular complexity index is 604. The Balaban J connectivity index is 2.46. The Hall–Kier alpha value is -2.14. The molecule has 0 saturated carbocycles. The first-order valence-electron chi connectivity index (χ1n) is 5.23. The lowest BCUT2D eigenvalue weighted by Gasteiger charge is -2.04. The quantitative estimate of drug-likeness (QED) is 0.709. The molecule has 0 unspecified atom stereocenters. The maximum Gasteiger partial charge on any atom is 0.256 e. The summed E-state index contributed by atoms with van der Waals surface area (Å²) in [7, 11) is 0. The first-order valence-corrected chi connectivity index (χ1v) is 5.23. The molecule has 88 valence electrons. The SMILES string of the molecule is O=C(NCCO)c1c[nH]c2ccccc2c1=O. The third kappa shape index (κ3) is 2.19. The summed E-state index contributed by atoms with van der Waals surface area (Å²) in [5.74, 6) is -0.481. The van der Waals surface area contributed by atoms with E-state index in [4.69, 9.17) is 5.11 Å². The van der Waals surface area contributed by atoms with Crippen LogP contribution in [0, 0.1) is 0 Å². The highest BCUT2D eigenvalue weighted by molar-refractivity contribution is 5.97. The summed E-state index contributed by atoms with van der Waals surface area (Å²) in [5.41, 5.74) is 0.433. The van der Waals surface area contributed by atoms with Crippen molar-refractivity contribution in [1.82, 2.24) is 10.3 Å². The van der Waals surface area contributed by atoms with Crippen molar-refractivity contribution in [3.05, 3.63) is 46.2 Å². The van der Waals surface area contributed by atoms with Crippen LogP contribution in [0.3, 0.4) is 0 Å². The number of rotatable bonds is 3. The number of aromatic amines is 1. The number of amides is 1. The molecule has 0 saturated heterocycles. The van der Waals surface area contributed by atoms with Crippen LogP contribution in [0.15, 0.2) is 35.3 Å². The fourth-order valence-corrected chi connectivity index (χ4v) is 1.60. The molecule has 17 heavy (non-hydrogen) atoms. The van der Waals surface area contributed by atoms with Crippen LogP contribution in [0.4, 0.5) is 0 Å². The summed E-state index contributed by atoms with van der Waals surface area (Å²) < 4.78 is 0. The minimum absolute atomic E-state index is 0.0529. The highest BCUT2D eigenvalue weighted by Crippen LogP contribution is 2.06. The van der Waals surface area contributed by atoms with Gasteiger partial charge in [0.25, 0.3) is 5.91 Å². The molecule has 1 aromatic heterocycles. The van der Waals surface area contributed by atoms with Gasteiger partial charge < -0.3 is 15.4 Å². The van der Waals surface area contributed by atoms with Crippen LogP contribution in [-0.2, 0) is 0 Å². The molecular weight excluding hydrogens is 220 g/mol. The maximum absolute atomic E-state index is 12.0. The summed E-state index contributed by atoms with van der Waals surface area (Å²) in [4.78, 5) is 26.5. The van der Waals surface area contributed by atoms with Crippen LogP contribution < -0.4 is 10.7 Å². The number of aliphatic hydroxyl groups excluding tert-OH is 1. The monoisotopic (exact) mass is 232 g/mol. The Morgan fingerprint density at radius 1 is 1.35 bits per heavy atom. The molecule has 5 nitrogen and oxygen atoms in total. The number of hydrogen-bond donors (Lipinski definition) is 3. The Labute approximate surface area is 97.1 Å². The average molecular weight is 232 g/mol. The minimum atomic E-state index is -0.481. The second-order valence-corrected chi connectivity index (χ2v) is 3.56. The predicted octanol–water partition coefficient (Wildman–Crippen LogP) is 0.250. The largest absolute Gasteiger partial charge is 0.395 e. The predicted molar refractivity (Wildman–Crippen MR) is 64.0 cm³/mol. The number of aliphatic hydroxyl groups is 1. The molecule has 0 aliphatic heterocycles. The van der Waals surface area contributed by atoms with Crippen molar-refractivity contribution in [2.24, 2.45) is 0 Å². The van der Waals surface area contributed by atoms with Crippen molar-refractivity contribution in [3.8, 4) is 0 Å².